The molecule has 0 bridgehead atoms. The molecule has 0 spiro atoms. The van der Waals surface area contributed by atoms with E-state index >= 15 is 0 Å². The minimum absolute atomic E-state index is 0. The number of anilines is 1. The molecule has 0 fully saturated rings. The molecule has 0 heterocycles. The van der Waals surface area contributed by atoms with E-state index in [0.29, 0.717) is 23.9 Å². The first-order valence-corrected chi connectivity index (χ1v) is 9.86. The fourth-order valence-electron chi connectivity index (χ4n) is 3.26. The highest BCUT2D eigenvalue weighted by Gasteiger charge is 2.06. The first kappa shape index (κ1) is 21.8. The van der Waals surface area contributed by atoms with E-state index in [2.05, 4.69) is 35.6 Å². The van der Waals surface area contributed by atoms with Crippen molar-refractivity contribution in [3.8, 4) is 11.5 Å². The van der Waals surface area contributed by atoms with E-state index in [1.54, 1.807) is 7.11 Å². The van der Waals surface area contributed by atoms with E-state index in [9.17, 15) is 0 Å². The summed E-state index contributed by atoms with van der Waals surface area (Å²) in [6.45, 7) is 1.15. The first-order valence-electron chi connectivity index (χ1n) is 9.49. The molecule has 0 aliphatic carbocycles. The van der Waals surface area contributed by atoms with Gasteiger partial charge in [0.05, 0.1) is 12.1 Å². The molecule has 3 nitrogen and oxygen atoms in total. The molecule has 0 unspecified atom stereocenters. The molecule has 0 atom stereocenters. The molecule has 4 rings (SSSR count). The van der Waals surface area contributed by atoms with Crippen LogP contribution in [0.3, 0.4) is 0 Å². The van der Waals surface area contributed by atoms with Crippen LogP contribution in [0.5, 0.6) is 11.5 Å². The smallest absolute Gasteiger partial charge is 0.138 e. The molecule has 0 saturated heterocycles. The Labute approximate surface area is 188 Å². The van der Waals surface area contributed by atoms with Gasteiger partial charge >= 0.3 is 0 Å². The van der Waals surface area contributed by atoms with Crippen molar-refractivity contribution in [1.82, 2.24) is 0 Å². The number of benzene rings is 4. The van der Waals surface area contributed by atoms with Crippen molar-refractivity contribution in [2.24, 2.45) is 0 Å². The van der Waals surface area contributed by atoms with E-state index in [4.69, 9.17) is 21.1 Å². The minimum atomic E-state index is 0. The summed E-state index contributed by atoms with van der Waals surface area (Å²) in [5, 5.41) is 6.40. The van der Waals surface area contributed by atoms with E-state index in [-0.39, 0.29) is 12.4 Å². The van der Waals surface area contributed by atoms with Crippen LogP contribution in [0.1, 0.15) is 11.1 Å². The molecule has 4 aromatic rings. The lowest BCUT2D eigenvalue weighted by Gasteiger charge is -2.12. The van der Waals surface area contributed by atoms with Crippen LogP contribution in [0.25, 0.3) is 10.8 Å². The zero-order valence-corrected chi connectivity index (χ0v) is 18.2. The second-order valence-corrected chi connectivity index (χ2v) is 7.18. The average molecular weight is 440 g/mol. The van der Waals surface area contributed by atoms with Crippen molar-refractivity contribution in [2.45, 2.75) is 13.2 Å². The second kappa shape index (κ2) is 10.2. The highest BCUT2D eigenvalue weighted by molar-refractivity contribution is 6.32. The highest BCUT2D eigenvalue weighted by atomic mass is 35.5. The van der Waals surface area contributed by atoms with Gasteiger partial charge in [0, 0.05) is 12.2 Å². The minimum Gasteiger partial charge on any atom is -0.497 e. The number of ether oxygens (including phenoxy) is 2. The summed E-state index contributed by atoms with van der Waals surface area (Å²) < 4.78 is 11.2. The summed E-state index contributed by atoms with van der Waals surface area (Å²) in [6.07, 6.45) is 0. The van der Waals surface area contributed by atoms with Gasteiger partial charge in [-0.15, -0.1) is 12.4 Å². The zero-order valence-electron chi connectivity index (χ0n) is 16.6. The van der Waals surface area contributed by atoms with Gasteiger partial charge in [-0.1, -0.05) is 60.1 Å². The fourth-order valence-corrected chi connectivity index (χ4v) is 3.52. The third-order valence-corrected chi connectivity index (χ3v) is 5.14. The summed E-state index contributed by atoms with van der Waals surface area (Å²) in [6, 6.07) is 28.3. The van der Waals surface area contributed by atoms with Crippen LogP contribution in [-0.4, -0.2) is 7.11 Å². The second-order valence-electron chi connectivity index (χ2n) is 6.77. The van der Waals surface area contributed by atoms with Gasteiger partial charge in [-0.2, -0.15) is 0 Å². The topological polar surface area (TPSA) is 30.5 Å². The Morgan fingerprint density at radius 3 is 2.40 bits per heavy atom. The summed E-state index contributed by atoms with van der Waals surface area (Å²) in [4.78, 5) is 0. The van der Waals surface area contributed by atoms with Crippen molar-refractivity contribution in [3.63, 3.8) is 0 Å². The predicted octanol–water partition coefficient (Wildman–Crippen LogP) is 7.11. The Morgan fingerprint density at radius 2 is 1.63 bits per heavy atom. The highest BCUT2D eigenvalue weighted by Crippen LogP contribution is 2.28. The monoisotopic (exact) mass is 439 g/mol. The van der Waals surface area contributed by atoms with Crippen LogP contribution in [0.4, 0.5) is 5.69 Å². The number of hydrogen-bond acceptors (Lipinski definition) is 3. The van der Waals surface area contributed by atoms with Crippen LogP contribution < -0.4 is 14.8 Å². The lowest BCUT2D eigenvalue weighted by molar-refractivity contribution is 0.308. The molecule has 0 aliphatic heterocycles. The largest absolute Gasteiger partial charge is 0.497 e. The van der Waals surface area contributed by atoms with Crippen molar-refractivity contribution < 1.29 is 9.47 Å². The fraction of sp³-hybridized carbons (Fsp3) is 0.120. The normalized spacial score (nSPS) is 10.3. The molecule has 0 radical (unpaired) electrons. The number of rotatable bonds is 7. The average Bonchev–Trinajstić information content (AvgIpc) is 2.77. The van der Waals surface area contributed by atoms with Crippen LogP contribution in [0, 0.1) is 0 Å². The first-order chi connectivity index (χ1) is 14.2. The number of halogens is 2. The standard InChI is InChI=1S/C25H22ClNO2.ClH/c1-28-22-12-10-21(11-13-22)27-16-18-9-14-25(24(26)15-18)29-17-20-7-4-6-19-5-2-3-8-23(19)20;/h2-15,27H,16-17H2,1H3;1H. The molecule has 1 N–H and O–H groups in total. The van der Waals surface area contributed by atoms with Crippen molar-refractivity contribution >= 4 is 40.5 Å². The third kappa shape index (κ3) is 5.18. The predicted molar refractivity (Wildman–Crippen MR) is 127 cm³/mol. The van der Waals surface area contributed by atoms with Gasteiger partial charge in [0.1, 0.15) is 18.1 Å². The summed E-state index contributed by atoms with van der Waals surface area (Å²) in [7, 11) is 1.66. The van der Waals surface area contributed by atoms with Gasteiger partial charge in [-0.05, 0) is 58.3 Å². The molecule has 0 aromatic heterocycles. The zero-order chi connectivity index (χ0) is 20.1. The molecule has 0 saturated carbocycles. The van der Waals surface area contributed by atoms with Crippen LogP contribution in [-0.2, 0) is 13.2 Å². The Balaban J connectivity index is 0.00000256. The number of nitrogens with one attached hydrogen (secondary N) is 1. The Kier molecular flexibility index (Phi) is 7.45. The number of hydrogen-bond donors (Lipinski definition) is 1. The SMILES string of the molecule is COc1ccc(NCc2ccc(OCc3cccc4ccccc34)c(Cl)c2)cc1.Cl. The van der Waals surface area contributed by atoms with Gasteiger partial charge in [0.25, 0.3) is 0 Å². The van der Waals surface area contributed by atoms with Crippen LogP contribution >= 0.6 is 24.0 Å². The van der Waals surface area contributed by atoms with E-state index < -0.39 is 0 Å². The molecule has 154 valence electrons. The van der Waals surface area contributed by atoms with Crippen LogP contribution in [0.2, 0.25) is 5.02 Å². The molecule has 0 amide bonds. The summed E-state index contributed by atoms with van der Waals surface area (Å²) in [5.41, 5.74) is 3.26. The van der Waals surface area contributed by atoms with Crippen molar-refractivity contribution in [2.75, 3.05) is 12.4 Å². The maximum Gasteiger partial charge on any atom is 0.138 e. The molecule has 0 aliphatic rings. The molecular formula is C25H23Cl2NO2. The van der Waals surface area contributed by atoms with Crippen LogP contribution in [0.15, 0.2) is 84.9 Å². The summed E-state index contributed by atoms with van der Waals surface area (Å²) in [5.74, 6) is 1.53. The van der Waals surface area contributed by atoms with E-state index in [1.165, 1.54) is 10.8 Å². The molecule has 30 heavy (non-hydrogen) atoms. The maximum absolute atomic E-state index is 6.47. The van der Waals surface area contributed by atoms with Gasteiger partial charge in [-0.25, -0.2) is 0 Å². The molecular weight excluding hydrogens is 417 g/mol. The third-order valence-electron chi connectivity index (χ3n) is 4.85. The van der Waals surface area contributed by atoms with Crippen molar-refractivity contribution in [3.05, 3.63) is 101 Å². The quantitative estimate of drug-likeness (QED) is 0.332. The lowest BCUT2D eigenvalue weighted by Crippen LogP contribution is -2.01. The van der Waals surface area contributed by atoms with Gasteiger partial charge in [0.15, 0.2) is 0 Å². The number of fused-ring (bicyclic) bond motifs is 1. The van der Waals surface area contributed by atoms with Gasteiger partial charge < -0.3 is 14.8 Å². The van der Waals surface area contributed by atoms with E-state index in [1.807, 2.05) is 54.6 Å². The lowest BCUT2D eigenvalue weighted by atomic mass is 10.1. The number of methoxy groups -OCH3 is 1. The van der Waals surface area contributed by atoms with Gasteiger partial charge in [0.2, 0.25) is 0 Å². The maximum atomic E-state index is 6.47. The molecule has 5 heteroatoms. The van der Waals surface area contributed by atoms with Gasteiger partial charge in [-0.3, -0.25) is 0 Å². The van der Waals surface area contributed by atoms with Crippen molar-refractivity contribution in [1.29, 1.82) is 0 Å². The Bertz CT molecular complexity index is 1110. The summed E-state index contributed by atoms with van der Waals surface area (Å²) >= 11 is 6.47. The van der Waals surface area contributed by atoms with E-state index in [0.717, 1.165) is 22.6 Å². The Hall–Kier alpha value is -2.88. The Morgan fingerprint density at radius 1 is 0.867 bits per heavy atom. The molecule has 4 aromatic carbocycles.